The lowest BCUT2D eigenvalue weighted by Gasteiger charge is -2.34. The second-order valence-electron chi connectivity index (χ2n) is 4.95. The molecule has 1 unspecified atom stereocenters. The molecule has 1 aromatic rings. The zero-order valence-electron chi connectivity index (χ0n) is 12.3. The highest BCUT2D eigenvalue weighted by atomic mass is 16.5. The molecule has 1 heterocycles. The highest BCUT2D eigenvalue weighted by molar-refractivity contribution is 6.00. The number of aryl methyl sites for hydroxylation is 1. The van der Waals surface area contributed by atoms with E-state index in [4.69, 9.17) is 4.74 Å². The molecule has 21 heavy (non-hydrogen) atoms. The van der Waals surface area contributed by atoms with E-state index < -0.39 is 6.04 Å². The lowest BCUT2D eigenvalue weighted by atomic mass is 10.1. The van der Waals surface area contributed by atoms with Gasteiger partial charge in [0.25, 0.3) is 5.91 Å². The number of nitrogens with zero attached hydrogens (tertiary/aromatic N) is 1. The lowest BCUT2D eigenvalue weighted by molar-refractivity contribution is -0.130. The number of carbonyl (C=O) groups is 2. The van der Waals surface area contributed by atoms with Gasteiger partial charge in [-0.25, -0.2) is 0 Å². The Kier molecular flexibility index (Phi) is 4.80. The highest BCUT2D eigenvalue weighted by Gasteiger charge is 2.34. The summed E-state index contributed by atoms with van der Waals surface area (Å²) in [6, 6.07) is 4.34. The number of hydrogen-bond acceptors (Lipinski definition) is 4. The van der Waals surface area contributed by atoms with Gasteiger partial charge in [-0.2, -0.15) is 0 Å². The van der Waals surface area contributed by atoms with Gasteiger partial charge >= 0.3 is 0 Å². The van der Waals surface area contributed by atoms with E-state index in [-0.39, 0.29) is 29.7 Å². The number of amides is 2. The first-order valence-electron chi connectivity index (χ1n) is 7.01. The van der Waals surface area contributed by atoms with Gasteiger partial charge in [-0.15, -0.1) is 0 Å². The molecule has 1 aromatic carbocycles. The highest BCUT2D eigenvalue weighted by Crippen LogP contribution is 2.24. The first kappa shape index (κ1) is 15.3. The van der Waals surface area contributed by atoms with Crippen LogP contribution in [-0.2, 0) is 9.53 Å². The third-order valence-electron chi connectivity index (χ3n) is 3.51. The van der Waals surface area contributed by atoms with Gasteiger partial charge in [0.1, 0.15) is 11.8 Å². The number of rotatable bonds is 3. The van der Waals surface area contributed by atoms with Gasteiger partial charge in [-0.3, -0.25) is 9.59 Å². The molecule has 1 aliphatic rings. The van der Waals surface area contributed by atoms with Gasteiger partial charge in [-0.05, 0) is 25.5 Å². The summed E-state index contributed by atoms with van der Waals surface area (Å²) in [5.41, 5.74) is 0.842. The van der Waals surface area contributed by atoms with Crippen molar-refractivity contribution in [3.8, 4) is 5.75 Å². The summed E-state index contributed by atoms with van der Waals surface area (Å²) in [5.74, 6) is -0.628. The second kappa shape index (κ2) is 6.58. The molecule has 114 valence electrons. The van der Waals surface area contributed by atoms with Gasteiger partial charge < -0.3 is 20.1 Å². The number of likely N-dealkylation sites (N-methyl/N-ethyl adjacent to an activating group) is 1. The van der Waals surface area contributed by atoms with Crippen LogP contribution in [0.1, 0.15) is 22.8 Å². The minimum absolute atomic E-state index is 0.0383. The van der Waals surface area contributed by atoms with Gasteiger partial charge in [-0.1, -0.05) is 12.1 Å². The molecule has 0 aromatic heterocycles. The summed E-state index contributed by atoms with van der Waals surface area (Å²) in [6.45, 7) is 4.92. The van der Waals surface area contributed by atoms with Crippen molar-refractivity contribution in [1.82, 2.24) is 10.2 Å². The SMILES string of the molecule is CCNC(=O)C1COCCN1C(=O)c1cccc(C)c1O. The fraction of sp³-hybridized carbons (Fsp3) is 0.467. The first-order valence-corrected chi connectivity index (χ1v) is 7.01. The van der Waals surface area contributed by atoms with E-state index >= 15 is 0 Å². The summed E-state index contributed by atoms with van der Waals surface area (Å²) in [6.07, 6.45) is 0. The van der Waals surface area contributed by atoms with Gasteiger partial charge in [0.05, 0.1) is 18.8 Å². The van der Waals surface area contributed by atoms with Crippen LogP contribution < -0.4 is 5.32 Å². The van der Waals surface area contributed by atoms with Crippen molar-refractivity contribution in [2.45, 2.75) is 19.9 Å². The number of aromatic hydroxyl groups is 1. The van der Waals surface area contributed by atoms with E-state index in [2.05, 4.69) is 5.32 Å². The average molecular weight is 292 g/mol. The monoisotopic (exact) mass is 292 g/mol. The molecular weight excluding hydrogens is 272 g/mol. The molecular formula is C15H20N2O4. The number of morpholine rings is 1. The molecule has 0 radical (unpaired) electrons. The molecule has 6 heteroatoms. The smallest absolute Gasteiger partial charge is 0.258 e. The Labute approximate surface area is 123 Å². The third-order valence-corrected chi connectivity index (χ3v) is 3.51. The van der Waals surface area contributed by atoms with Gasteiger partial charge in [0.2, 0.25) is 5.91 Å². The van der Waals surface area contributed by atoms with Crippen molar-refractivity contribution in [3.05, 3.63) is 29.3 Å². The van der Waals surface area contributed by atoms with Crippen LogP contribution in [0.3, 0.4) is 0 Å². The van der Waals surface area contributed by atoms with Crippen molar-refractivity contribution in [3.63, 3.8) is 0 Å². The number of phenols is 1. The molecule has 0 saturated carbocycles. The lowest BCUT2D eigenvalue weighted by Crippen LogP contribution is -2.55. The number of ether oxygens (including phenoxy) is 1. The standard InChI is InChI=1S/C15H20N2O4/c1-3-16-14(19)12-9-21-8-7-17(12)15(20)11-6-4-5-10(2)13(11)18/h4-6,12,18H,3,7-9H2,1-2H3,(H,16,19). The Morgan fingerprint density at radius 1 is 1.48 bits per heavy atom. The Morgan fingerprint density at radius 3 is 2.95 bits per heavy atom. The summed E-state index contributed by atoms with van der Waals surface area (Å²) in [7, 11) is 0. The summed E-state index contributed by atoms with van der Waals surface area (Å²) >= 11 is 0. The molecule has 1 fully saturated rings. The van der Waals surface area contributed by atoms with Crippen molar-refractivity contribution in [1.29, 1.82) is 0 Å². The molecule has 1 atom stereocenters. The van der Waals surface area contributed by atoms with Crippen molar-refractivity contribution >= 4 is 11.8 Å². The van der Waals surface area contributed by atoms with E-state index in [0.29, 0.717) is 25.3 Å². The number of hydrogen-bond donors (Lipinski definition) is 2. The number of para-hydroxylation sites is 1. The van der Waals surface area contributed by atoms with Crippen LogP contribution in [0.15, 0.2) is 18.2 Å². The Hall–Kier alpha value is -2.08. The van der Waals surface area contributed by atoms with Crippen LogP contribution in [0.25, 0.3) is 0 Å². The minimum Gasteiger partial charge on any atom is -0.507 e. The predicted octanol–water partition coefficient (Wildman–Crippen LogP) is 0.678. The summed E-state index contributed by atoms with van der Waals surface area (Å²) < 4.78 is 5.30. The quantitative estimate of drug-likeness (QED) is 0.858. The molecule has 2 amide bonds. The number of phenolic OH excluding ortho intramolecular Hbond substituents is 1. The summed E-state index contributed by atoms with van der Waals surface area (Å²) in [4.78, 5) is 26.1. The van der Waals surface area contributed by atoms with Crippen molar-refractivity contribution in [2.24, 2.45) is 0 Å². The van der Waals surface area contributed by atoms with Crippen LogP contribution >= 0.6 is 0 Å². The van der Waals surface area contributed by atoms with Crippen molar-refractivity contribution in [2.75, 3.05) is 26.3 Å². The van der Waals surface area contributed by atoms with Crippen molar-refractivity contribution < 1.29 is 19.4 Å². The number of nitrogens with one attached hydrogen (secondary N) is 1. The molecule has 2 rings (SSSR count). The normalized spacial score (nSPS) is 18.4. The van der Waals surface area contributed by atoms with E-state index in [9.17, 15) is 14.7 Å². The predicted molar refractivity (Wildman–Crippen MR) is 77.2 cm³/mol. The fourth-order valence-electron chi connectivity index (χ4n) is 2.34. The minimum atomic E-state index is -0.661. The van der Waals surface area contributed by atoms with Crippen LogP contribution in [0.2, 0.25) is 0 Å². The maximum absolute atomic E-state index is 12.6. The van der Waals surface area contributed by atoms with E-state index in [0.717, 1.165) is 0 Å². The zero-order valence-corrected chi connectivity index (χ0v) is 12.3. The van der Waals surface area contributed by atoms with Gasteiger partial charge in [0.15, 0.2) is 0 Å². The molecule has 6 nitrogen and oxygen atoms in total. The number of benzene rings is 1. The van der Waals surface area contributed by atoms with Crippen LogP contribution in [-0.4, -0.2) is 54.2 Å². The Bertz CT molecular complexity index is 544. The molecule has 0 spiro atoms. The molecule has 1 saturated heterocycles. The Balaban J connectivity index is 2.26. The maximum atomic E-state index is 12.6. The topological polar surface area (TPSA) is 78.9 Å². The number of carbonyl (C=O) groups excluding carboxylic acids is 2. The van der Waals surface area contributed by atoms with Crippen LogP contribution in [0.4, 0.5) is 0 Å². The molecule has 0 aliphatic carbocycles. The van der Waals surface area contributed by atoms with E-state index in [1.165, 1.54) is 4.90 Å². The largest absolute Gasteiger partial charge is 0.507 e. The fourth-order valence-corrected chi connectivity index (χ4v) is 2.34. The van der Waals surface area contributed by atoms with E-state index in [1.54, 1.807) is 25.1 Å². The molecule has 2 N–H and O–H groups in total. The first-order chi connectivity index (χ1) is 10.1. The average Bonchev–Trinajstić information content (AvgIpc) is 2.49. The zero-order chi connectivity index (χ0) is 15.4. The van der Waals surface area contributed by atoms with Gasteiger partial charge in [0, 0.05) is 13.1 Å². The second-order valence-corrected chi connectivity index (χ2v) is 4.95. The van der Waals surface area contributed by atoms with Crippen LogP contribution in [0.5, 0.6) is 5.75 Å². The van der Waals surface area contributed by atoms with E-state index in [1.807, 2.05) is 6.92 Å². The molecule has 0 bridgehead atoms. The third kappa shape index (κ3) is 3.16. The molecule has 1 aliphatic heterocycles. The van der Waals surface area contributed by atoms with Crippen LogP contribution in [0, 0.1) is 6.92 Å². The summed E-state index contributed by atoms with van der Waals surface area (Å²) in [5, 5.41) is 12.7. The Morgan fingerprint density at radius 2 is 2.24 bits per heavy atom. The maximum Gasteiger partial charge on any atom is 0.258 e.